The van der Waals surface area contributed by atoms with Crippen molar-refractivity contribution in [3.63, 3.8) is 0 Å². The Balaban J connectivity index is 1.92. The molecule has 0 spiro atoms. The Morgan fingerprint density at radius 2 is 2.29 bits per heavy atom. The van der Waals surface area contributed by atoms with Gasteiger partial charge in [0.2, 0.25) is 5.91 Å². The number of ether oxygens (including phenoxy) is 1. The van der Waals surface area contributed by atoms with E-state index < -0.39 is 0 Å². The molecule has 1 amide bonds. The molecule has 1 atom stereocenters. The molecular weight excluding hydrogens is 302 g/mol. The lowest BCUT2D eigenvalue weighted by atomic mass is 9.92. The van der Waals surface area contributed by atoms with Gasteiger partial charge in [-0.3, -0.25) is 4.79 Å². The Hall–Kier alpha value is -2.30. The molecule has 1 unspecified atom stereocenters. The van der Waals surface area contributed by atoms with Gasteiger partial charge in [-0.1, -0.05) is 12.1 Å². The van der Waals surface area contributed by atoms with Crippen LogP contribution in [0, 0.1) is 12.8 Å². The summed E-state index contributed by atoms with van der Waals surface area (Å²) < 4.78 is 5.48. The predicted octanol–water partition coefficient (Wildman–Crippen LogP) is 3.03. The Morgan fingerprint density at radius 1 is 1.46 bits per heavy atom. The standard InChI is InChI=1S/C19H25N3O2/c1-13-11-16(15-6-3-7-17(24-2)19(15)21-13)22-10-4-5-14(12-22)8-9-18(20)23/h3,6-7,11,14H,4-5,8-10,12H2,1-2H3,(H2,20,23). The van der Waals surface area contributed by atoms with Crippen molar-refractivity contribution in [3.8, 4) is 5.75 Å². The highest BCUT2D eigenvalue weighted by molar-refractivity contribution is 5.95. The number of aromatic nitrogens is 1. The number of nitrogens with two attached hydrogens (primary N) is 1. The number of primary amides is 1. The third-order valence-electron chi connectivity index (χ3n) is 4.79. The molecule has 2 heterocycles. The number of fused-ring (bicyclic) bond motifs is 1. The second-order valence-electron chi connectivity index (χ2n) is 6.60. The molecule has 5 heteroatoms. The van der Waals surface area contributed by atoms with Crippen molar-refractivity contribution in [2.45, 2.75) is 32.6 Å². The van der Waals surface area contributed by atoms with Gasteiger partial charge in [0.1, 0.15) is 11.3 Å². The van der Waals surface area contributed by atoms with Gasteiger partial charge in [0.05, 0.1) is 7.11 Å². The molecule has 1 fully saturated rings. The van der Waals surface area contributed by atoms with Crippen molar-refractivity contribution in [1.82, 2.24) is 4.98 Å². The van der Waals surface area contributed by atoms with Gasteiger partial charge in [-0.15, -0.1) is 0 Å². The molecule has 1 aromatic heterocycles. The van der Waals surface area contributed by atoms with Gasteiger partial charge in [0.25, 0.3) is 0 Å². The van der Waals surface area contributed by atoms with E-state index in [-0.39, 0.29) is 5.91 Å². The number of para-hydroxylation sites is 1. The summed E-state index contributed by atoms with van der Waals surface area (Å²) in [5, 5.41) is 1.12. The molecule has 3 rings (SSSR count). The zero-order chi connectivity index (χ0) is 17.1. The molecule has 24 heavy (non-hydrogen) atoms. The van der Waals surface area contributed by atoms with Gasteiger partial charge < -0.3 is 15.4 Å². The second kappa shape index (κ2) is 7.07. The maximum atomic E-state index is 11.1. The van der Waals surface area contributed by atoms with E-state index in [0.717, 1.165) is 54.7 Å². The van der Waals surface area contributed by atoms with Crippen LogP contribution >= 0.6 is 0 Å². The van der Waals surface area contributed by atoms with Gasteiger partial charge in [-0.25, -0.2) is 4.98 Å². The van der Waals surface area contributed by atoms with Gasteiger partial charge in [-0.2, -0.15) is 0 Å². The minimum absolute atomic E-state index is 0.206. The van der Waals surface area contributed by atoms with Gasteiger partial charge >= 0.3 is 0 Å². The van der Waals surface area contributed by atoms with E-state index in [1.54, 1.807) is 7.11 Å². The molecule has 5 nitrogen and oxygen atoms in total. The number of benzene rings is 1. The van der Waals surface area contributed by atoms with E-state index in [0.29, 0.717) is 12.3 Å². The molecule has 2 N–H and O–H groups in total. The Bertz CT molecular complexity index is 745. The number of carbonyl (C=O) groups excluding carboxylic acids is 1. The van der Waals surface area contributed by atoms with E-state index in [2.05, 4.69) is 22.0 Å². The first kappa shape index (κ1) is 16.6. The van der Waals surface area contributed by atoms with E-state index in [1.807, 2.05) is 19.1 Å². The number of pyridine rings is 1. The summed E-state index contributed by atoms with van der Waals surface area (Å²) in [4.78, 5) is 18.2. The number of amides is 1. The monoisotopic (exact) mass is 327 g/mol. The number of hydrogen-bond acceptors (Lipinski definition) is 4. The normalized spacial score (nSPS) is 17.9. The lowest BCUT2D eigenvalue weighted by molar-refractivity contribution is -0.118. The highest BCUT2D eigenvalue weighted by Crippen LogP contribution is 2.34. The van der Waals surface area contributed by atoms with E-state index in [1.165, 1.54) is 5.69 Å². The van der Waals surface area contributed by atoms with Crippen molar-refractivity contribution in [2.24, 2.45) is 11.7 Å². The highest BCUT2D eigenvalue weighted by atomic mass is 16.5. The lowest BCUT2D eigenvalue weighted by Gasteiger charge is -2.35. The molecule has 1 saturated heterocycles. The van der Waals surface area contributed by atoms with Crippen LogP contribution in [0.15, 0.2) is 24.3 Å². The first-order valence-electron chi connectivity index (χ1n) is 8.56. The minimum Gasteiger partial charge on any atom is -0.494 e. The molecule has 0 aliphatic carbocycles. The maximum absolute atomic E-state index is 11.1. The van der Waals surface area contributed by atoms with Crippen LogP contribution in [0.4, 0.5) is 5.69 Å². The Kier molecular flexibility index (Phi) is 4.88. The van der Waals surface area contributed by atoms with Crippen molar-refractivity contribution < 1.29 is 9.53 Å². The molecule has 0 radical (unpaired) electrons. The molecule has 1 aliphatic rings. The molecule has 1 aliphatic heterocycles. The first-order chi connectivity index (χ1) is 11.6. The molecule has 1 aromatic carbocycles. The SMILES string of the molecule is COc1cccc2c(N3CCCC(CCC(N)=O)C3)cc(C)nc12. The van der Waals surface area contributed by atoms with Crippen molar-refractivity contribution in [2.75, 3.05) is 25.1 Å². The fraction of sp³-hybridized carbons (Fsp3) is 0.474. The summed E-state index contributed by atoms with van der Waals surface area (Å²) in [6.45, 7) is 4.01. The smallest absolute Gasteiger partial charge is 0.217 e. The predicted molar refractivity (Wildman–Crippen MR) is 96.4 cm³/mol. The van der Waals surface area contributed by atoms with Crippen molar-refractivity contribution >= 4 is 22.5 Å². The van der Waals surface area contributed by atoms with Crippen LogP contribution in [-0.4, -0.2) is 31.1 Å². The van der Waals surface area contributed by atoms with Gasteiger partial charge in [0.15, 0.2) is 0 Å². The molecular formula is C19H25N3O2. The van der Waals surface area contributed by atoms with Crippen LogP contribution in [-0.2, 0) is 4.79 Å². The fourth-order valence-electron chi connectivity index (χ4n) is 3.62. The number of anilines is 1. The highest BCUT2D eigenvalue weighted by Gasteiger charge is 2.22. The average Bonchev–Trinajstić information content (AvgIpc) is 2.59. The number of carbonyl (C=O) groups is 1. The summed E-state index contributed by atoms with van der Waals surface area (Å²) in [5.41, 5.74) is 8.41. The zero-order valence-corrected chi connectivity index (χ0v) is 14.4. The summed E-state index contributed by atoms with van der Waals surface area (Å²) >= 11 is 0. The Labute approximate surface area is 142 Å². The van der Waals surface area contributed by atoms with Crippen LogP contribution in [0.25, 0.3) is 10.9 Å². The van der Waals surface area contributed by atoms with E-state index in [9.17, 15) is 4.79 Å². The minimum atomic E-state index is -0.206. The Morgan fingerprint density at radius 3 is 3.04 bits per heavy atom. The largest absolute Gasteiger partial charge is 0.494 e. The lowest BCUT2D eigenvalue weighted by Crippen LogP contribution is -2.36. The number of aryl methyl sites for hydroxylation is 1. The van der Waals surface area contributed by atoms with E-state index in [4.69, 9.17) is 10.5 Å². The van der Waals surface area contributed by atoms with Crippen LogP contribution < -0.4 is 15.4 Å². The van der Waals surface area contributed by atoms with Gasteiger partial charge in [-0.05, 0) is 44.2 Å². The first-order valence-corrected chi connectivity index (χ1v) is 8.56. The van der Waals surface area contributed by atoms with Crippen molar-refractivity contribution in [3.05, 3.63) is 30.0 Å². The number of hydrogen-bond donors (Lipinski definition) is 1. The molecule has 128 valence electrons. The summed E-state index contributed by atoms with van der Waals surface area (Å²) in [6, 6.07) is 8.21. The molecule has 2 aromatic rings. The average molecular weight is 327 g/mol. The molecule has 0 bridgehead atoms. The number of methoxy groups -OCH3 is 1. The topological polar surface area (TPSA) is 68.5 Å². The molecule has 0 saturated carbocycles. The van der Waals surface area contributed by atoms with Crippen LogP contribution in [0.3, 0.4) is 0 Å². The van der Waals surface area contributed by atoms with Crippen LogP contribution in [0.5, 0.6) is 5.75 Å². The number of nitrogens with zero attached hydrogens (tertiary/aromatic N) is 2. The summed E-state index contributed by atoms with van der Waals surface area (Å²) in [7, 11) is 1.68. The third-order valence-corrected chi connectivity index (χ3v) is 4.79. The fourth-order valence-corrected chi connectivity index (χ4v) is 3.62. The maximum Gasteiger partial charge on any atom is 0.217 e. The van der Waals surface area contributed by atoms with Crippen LogP contribution in [0.1, 0.15) is 31.4 Å². The number of rotatable bonds is 5. The number of piperidine rings is 1. The van der Waals surface area contributed by atoms with Gasteiger partial charge in [0, 0.05) is 36.3 Å². The summed E-state index contributed by atoms with van der Waals surface area (Å²) in [5.74, 6) is 1.11. The quantitative estimate of drug-likeness (QED) is 0.916. The van der Waals surface area contributed by atoms with Crippen molar-refractivity contribution in [1.29, 1.82) is 0 Å². The zero-order valence-electron chi connectivity index (χ0n) is 14.4. The second-order valence-corrected chi connectivity index (χ2v) is 6.60. The third kappa shape index (κ3) is 3.45. The summed E-state index contributed by atoms with van der Waals surface area (Å²) in [6.07, 6.45) is 3.64. The van der Waals surface area contributed by atoms with Crippen LogP contribution in [0.2, 0.25) is 0 Å². The van der Waals surface area contributed by atoms with E-state index >= 15 is 0 Å².